The number of hydrogen-bond donors (Lipinski definition) is 9. The largest absolute Gasteiger partial charge is 0.490 e. The van der Waals surface area contributed by atoms with Gasteiger partial charge in [0.15, 0.2) is 5.96 Å². The van der Waals surface area contributed by atoms with Crippen molar-refractivity contribution >= 4 is 47.5 Å². The molecule has 0 aromatic heterocycles. The van der Waals surface area contributed by atoms with Crippen molar-refractivity contribution in [2.75, 3.05) is 13.1 Å². The number of guanidine groups is 1. The molecule has 248 valence electrons. The van der Waals surface area contributed by atoms with Crippen molar-refractivity contribution in [2.45, 2.75) is 57.5 Å². The lowest BCUT2D eigenvalue weighted by Crippen LogP contribution is -2.53. The highest BCUT2D eigenvalue weighted by molar-refractivity contribution is 6.01. The third-order valence-electron chi connectivity index (χ3n) is 4.01. The van der Waals surface area contributed by atoms with Crippen LogP contribution in [-0.4, -0.2) is 100 Å². The molecule has 0 aromatic rings. The highest BCUT2D eigenvalue weighted by Crippen LogP contribution is 2.13. The second-order valence-electron chi connectivity index (χ2n) is 8.11. The fraction of sp³-hybridized carbons (Fsp3) is 0.600. The molecule has 0 spiro atoms. The molecular formula is C20H31F6N7O10. The van der Waals surface area contributed by atoms with Crippen LogP contribution in [-0.2, 0) is 33.6 Å². The summed E-state index contributed by atoms with van der Waals surface area (Å²) in [5.74, 6) is -10.4. The van der Waals surface area contributed by atoms with E-state index in [0.717, 1.165) is 0 Å². The van der Waals surface area contributed by atoms with E-state index in [2.05, 4.69) is 15.6 Å². The number of carbonyl (C=O) groups excluding carboxylic acids is 4. The van der Waals surface area contributed by atoms with Gasteiger partial charge in [0.25, 0.3) is 0 Å². The van der Waals surface area contributed by atoms with Gasteiger partial charge < -0.3 is 43.2 Å². The Morgan fingerprint density at radius 1 is 0.814 bits per heavy atom. The molecule has 0 aliphatic heterocycles. The molecule has 0 fully saturated rings. The first-order valence-corrected chi connectivity index (χ1v) is 11.4. The van der Waals surface area contributed by atoms with E-state index >= 15 is 0 Å². The molecule has 23 heteroatoms. The summed E-state index contributed by atoms with van der Waals surface area (Å²) in [5.41, 5.74) is 16.0. The van der Waals surface area contributed by atoms with Gasteiger partial charge in [0.1, 0.15) is 6.04 Å². The summed E-state index contributed by atoms with van der Waals surface area (Å²) in [4.78, 5) is 79.9. The smallest absolute Gasteiger partial charge is 0.481 e. The second kappa shape index (κ2) is 20.2. The van der Waals surface area contributed by atoms with Crippen molar-refractivity contribution in [2.24, 2.45) is 28.1 Å². The van der Waals surface area contributed by atoms with Crippen LogP contribution < -0.4 is 33.2 Å². The molecule has 12 N–H and O–H groups in total. The number of halogens is 6. The van der Waals surface area contributed by atoms with Crippen molar-refractivity contribution in [3.8, 4) is 0 Å². The Morgan fingerprint density at radius 3 is 1.60 bits per heavy atom. The van der Waals surface area contributed by atoms with Crippen molar-refractivity contribution in [3.63, 3.8) is 0 Å². The van der Waals surface area contributed by atoms with Gasteiger partial charge in [-0.2, -0.15) is 26.3 Å². The molecule has 17 nitrogen and oxygen atoms in total. The zero-order chi connectivity index (χ0) is 34.7. The Balaban J connectivity index is -0.000000933. The number of alkyl halides is 6. The molecule has 0 unspecified atom stereocenters. The maximum absolute atomic E-state index is 12.0. The van der Waals surface area contributed by atoms with E-state index in [1.807, 2.05) is 5.32 Å². The molecule has 0 saturated carbocycles. The number of aliphatic carboxylic acids is 3. The number of nitrogens with two attached hydrogens (primary N) is 3. The topological polar surface area (TPSA) is 307 Å². The molecule has 0 heterocycles. The minimum Gasteiger partial charge on any atom is -0.481 e. The first-order valence-electron chi connectivity index (χ1n) is 11.4. The predicted octanol–water partition coefficient (Wildman–Crippen LogP) is -1.99. The lowest BCUT2D eigenvalue weighted by molar-refractivity contribution is -0.193. The first-order chi connectivity index (χ1) is 19.3. The minimum atomic E-state index is -5.08. The van der Waals surface area contributed by atoms with Gasteiger partial charge in [0.05, 0.1) is 19.0 Å². The lowest BCUT2D eigenvalue weighted by atomic mass is 10.1. The Morgan fingerprint density at radius 2 is 1.26 bits per heavy atom. The average molecular weight is 643 g/mol. The van der Waals surface area contributed by atoms with E-state index in [9.17, 15) is 50.3 Å². The van der Waals surface area contributed by atoms with Crippen LogP contribution in [0.25, 0.3) is 0 Å². The maximum Gasteiger partial charge on any atom is 0.490 e. The Kier molecular flexibility index (Phi) is 20.1. The van der Waals surface area contributed by atoms with Gasteiger partial charge in [-0.25, -0.2) is 9.59 Å². The minimum absolute atomic E-state index is 0.0743. The van der Waals surface area contributed by atoms with Gasteiger partial charge in [0, 0.05) is 12.5 Å². The van der Waals surface area contributed by atoms with Crippen LogP contribution in [0.2, 0.25) is 0 Å². The van der Waals surface area contributed by atoms with E-state index in [-0.39, 0.29) is 12.4 Å². The van der Waals surface area contributed by atoms with Gasteiger partial charge in [-0.05, 0) is 12.8 Å². The number of carbonyl (C=O) groups is 7. The lowest BCUT2D eigenvalue weighted by Gasteiger charge is -2.18. The second-order valence-corrected chi connectivity index (χ2v) is 8.11. The molecule has 2 atom stereocenters. The van der Waals surface area contributed by atoms with E-state index in [4.69, 9.17) is 42.1 Å². The van der Waals surface area contributed by atoms with Crippen LogP contribution in [0.15, 0.2) is 4.99 Å². The fourth-order valence-electron chi connectivity index (χ4n) is 1.93. The third-order valence-corrected chi connectivity index (χ3v) is 4.01. The van der Waals surface area contributed by atoms with Gasteiger partial charge in [0.2, 0.25) is 23.6 Å². The highest BCUT2D eigenvalue weighted by atomic mass is 19.4. The van der Waals surface area contributed by atoms with Crippen LogP contribution in [0.1, 0.15) is 33.1 Å². The van der Waals surface area contributed by atoms with Crippen molar-refractivity contribution in [1.29, 1.82) is 0 Å². The average Bonchev–Trinajstić information content (AvgIpc) is 2.83. The summed E-state index contributed by atoms with van der Waals surface area (Å²) in [6, 6.07) is -2.38. The van der Waals surface area contributed by atoms with Crippen LogP contribution in [0.3, 0.4) is 0 Å². The van der Waals surface area contributed by atoms with E-state index in [1.165, 1.54) is 0 Å². The Hall–Kier alpha value is -4.70. The van der Waals surface area contributed by atoms with Crippen LogP contribution in [0.5, 0.6) is 0 Å². The number of carboxylic acid groups (broad SMARTS) is 3. The predicted molar refractivity (Wildman–Crippen MR) is 130 cm³/mol. The number of rotatable bonds is 12. The van der Waals surface area contributed by atoms with Gasteiger partial charge >= 0.3 is 30.3 Å². The molecule has 0 aliphatic carbocycles. The molecule has 0 radical (unpaired) electrons. The third kappa shape index (κ3) is 24.8. The highest BCUT2D eigenvalue weighted by Gasteiger charge is 2.38. The summed E-state index contributed by atoms with van der Waals surface area (Å²) in [7, 11) is 0. The van der Waals surface area contributed by atoms with E-state index in [0.29, 0.717) is 13.0 Å². The van der Waals surface area contributed by atoms with Crippen LogP contribution in [0.4, 0.5) is 26.3 Å². The number of nitrogens with one attached hydrogen (secondary N) is 3. The Bertz CT molecular complexity index is 991. The number of imide groups is 1. The Labute approximate surface area is 238 Å². The summed E-state index contributed by atoms with van der Waals surface area (Å²) >= 11 is 0. The van der Waals surface area contributed by atoms with Gasteiger partial charge in [-0.1, -0.05) is 13.8 Å². The van der Waals surface area contributed by atoms with Crippen LogP contribution in [0, 0.1) is 5.92 Å². The number of hydrogen-bond acceptors (Lipinski definition) is 9. The molecule has 0 aromatic carbocycles. The quantitative estimate of drug-likeness (QED) is 0.0482. The van der Waals surface area contributed by atoms with Crippen molar-refractivity contribution < 1.29 is 75.2 Å². The summed E-state index contributed by atoms with van der Waals surface area (Å²) < 4.78 is 63.5. The molecule has 0 aliphatic rings. The monoisotopic (exact) mass is 643 g/mol. The molecule has 0 rings (SSSR count). The number of carboxylic acids is 3. The molecular weight excluding hydrogens is 612 g/mol. The van der Waals surface area contributed by atoms with E-state index in [1.54, 1.807) is 13.8 Å². The molecule has 43 heavy (non-hydrogen) atoms. The standard InChI is InChI=1S/C16H29N7O6.2C2HF3O2/c1-8(2)13(27)23-15(29)10(6-12(25)26)22-11(24)7-21-14(28)9(17)4-3-5-20-16(18)19;2*3-2(4,5)1(6)7/h8-10H,3-7,17H2,1-2H3,(H,21,28)(H,22,24)(H,25,26)(H4,18,19,20)(H,23,27,29);2*(H,6,7)/t9-,10-;;/m0../s1. The summed E-state index contributed by atoms with van der Waals surface area (Å²) in [6.07, 6.45) is -10.2. The van der Waals surface area contributed by atoms with Crippen molar-refractivity contribution in [3.05, 3.63) is 0 Å². The van der Waals surface area contributed by atoms with E-state index < -0.39 is 84.9 Å². The molecule has 0 saturated heterocycles. The zero-order valence-electron chi connectivity index (χ0n) is 22.4. The van der Waals surface area contributed by atoms with Crippen LogP contribution >= 0.6 is 0 Å². The van der Waals surface area contributed by atoms with Crippen molar-refractivity contribution in [1.82, 2.24) is 16.0 Å². The number of aliphatic imine (C=N–C) groups is 1. The van der Waals surface area contributed by atoms with Gasteiger partial charge in [-0.15, -0.1) is 0 Å². The zero-order valence-corrected chi connectivity index (χ0v) is 22.4. The molecule has 4 amide bonds. The summed E-state index contributed by atoms with van der Waals surface area (Å²) in [6.45, 7) is 2.86. The summed E-state index contributed by atoms with van der Waals surface area (Å²) in [5, 5.41) is 29.6. The maximum atomic E-state index is 12.0. The fourth-order valence-corrected chi connectivity index (χ4v) is 1.93. The molecule has 0 bridgehead atoms. The number of amides is 4. The first kappa shape index (κ1) is 42.8. The normalized spacial score (nSPS) is 12.0. The number of nitrogens with zero attached hydrogens (tertiary/aromatic N) is 1. The SMILES string of the molecule is CC(C)C(=O)NC(=O)[C@H](CC(=O)O)NC(=O)CNC(=O)[C@@H](N)CCCN=C(N)N.O=C(O)C(F)(F)F.O=C(O)C(F)(F)F. The van der Waals surface area contributed by atoms with Gasteiger partial charge in [-0.3, -0.25) is 34.3 Å².